The number of hydrogen-bond donors (Lipinski definition) is 0. The Balaban J connectivity index is 1.80. The van der Waals surface area contributed by atoms with E-state index in [4.69, 9.17) is 0 Å². The van der Waals surface area contributed by atoms with Crippen LogP contribution in [-0.2, 0) is 16.1 Å². The highest BCUT2D eigenvalue weighted by Crippen LogP contribution is 2.46. The summed E-state index contributed by atoms with van der Waals surface area (Å²) in [5, 5.41) is 0. The molecule has 2 aliphatic rings. The molecule has 2 fully saturated rings. The van der Waals surface area contributed by atoms with Gasteiger partial charge in [-0.15, -0.1) is 6.58 Å². The lowest BCUT2D eigenvalue weighted by molar-refractivity contribution is -0.140. The average Bonchev–Trinajstić information content (AvgIpc) is 3.18. The lowest BCUT2D eigenvalue weighted by Gasteiger charge is -2.20. The first-order chi connectivity index (χ1) is 11.4. The Morgan fingerprint density at radius 3 is 2.58 bits per heavy atom. The SMILES string of the molecule is C=CCn1c(C)cc(C(=O)CN2C(=O)CC3(CCCC3)C2=O)c1C. The second kappa shape index (κ2) is 6.04. The normalized spacial score (nSPS) is 19.5. The first-order valence-electron chi connectivity index (χ1n) is 8.55. The fraction of sp³-hybridized carbons (Fsp3) is 0.526. The minimum absolute atomic E-state index is 0.141. The number of aromatic nitrogens is 1. The third-order valence-corrected chi connectivity index (χ3v) is 5.54. The molecule has 2 heterocycles. The monoisotopic (exact) mass is 328 g/mol. The minimum Gasteiger partial charge on any atom is -0.345 e. The highest BCUT2D eigenvalue weighted by atomic mass is 16.2. The van der Waals surface area contributed by atoms with E-state index in [9.17, 15) is 14.4 Å². The van der Waals surface area contributed by atoms with E-state index in [1.54, 1.807) is 6.08 Å². The van der Waals surface area contributed by atoms with E-state index in [1.807, 2.05) is 24.5 Å². The van der Waals surface area contributed by atoms with Crippen molar-refractivity contribution in [3.8, 4) is 0 Å². The smallest absolute Gasteiger partial charge is 0.236 e. The van der Waals surface area contributed by atoms with E-state index < -0.39 is 5.41 Å². The number of ketones is 1. The van der Waals surface area contributed by atoms with Gasteiger partial charge in [-0.25, -0.2) is 0 Å². The standard InChI is InChI=1S/C19H24N2O3/c1-4-9-20-13(2)10-15(14(20)3)16(22)12-21-17(23)11-19(18(21)24)7-5-6-8-19/h4,10H,1,5-9,11-12H2,2-3H3. The molecular weight excluding hydrogens is 304 g/mol. The van der Waals surface area contributed by atoms with E-state index in [0.29, 0.717) is 12.1 Å². The van der Waals surface area contributed by atoms with Gasteiger partial charge in [0.15, 0.2) is 5.78 Å². The van der Waals surface area contributed by atoms with Gasteiger partial charge in [0.2, 0.25) is 11.8 Å². The maximum atomic E-state index is 12.7. The Morgan fingerprint density at radius 1 is 1.29 bits per heavy atom. The molecule has 2 amide bonds. The van der Waals surface area contributed by atoms with Crippen LogP contribution in [0.5, 0.6) is 0 Å². The number of allylic oxidation sites excluding steroid dienone is 1. The van der Waals surface area contributed by atoms with Crippen molar-refractivity contribution in [3.63, 3.8) is 0 Å². The first kappa shape index (κ1) is 16.7. The van der Waals surface area contributed by atoms with Crippen LogP contribution in [0.3, 0.4) is 0 Å². The minimum atomic E-state index is -0.517. The Morgan fingerprint density at radius 2 is 1.96 bits per heavy atom. The third kappa shape index (κ3) is 2.52. The van der Waals surface area contributed by atoms with E-state index in [2.05, 4.69) is 6.58 Å². The van der Waals surface area contributed by atoms with Gasteiger partial charge in [0, 0.05) is 29.9 Å². The summed E-state index contributed by atoms with van der Waals surface area (Å²) in [5.74, 6) is -0.511. The van der Waals surface area contributed by atoms with Crippen LogP contribution in [0.15, 0.2) is 18.7 Å². The molecule has 0 unspecified atom stereocenters. The number of nitrogens with zero attached hydrogens (tertiary/aromatic N) is 2. The fourth-order valence-electron chi connectivity index (χ4n) is 4.18. The van der Waals surface area contributed by atoms with Crippen LogP contribution < -0.4 is 0 Å². The molecule has 1 saturated carbocycles. The van der Waals surface area contributed by atoms with E-state index in [-0.39, 0.29) is 30.6 Å². The van der Waals surface area contributed by atoms with Gasteiger partial charge in [-0.1, -0.05) is 18.9 Å². The summed E-state index contributed by atoms with van der Waals surface area (Å²) in [7, 11) is 0. The lowest BCUT2D eigenvalue weighted by atomic mass is 9.84. The zero-order valence-corrected chi connectivity index (χ0v) is 14.4. The van der Waals surface area contributed by atoms with Crippen LogP contribution in [0.2, 0.25) is 0 Å². The van der Waals surface area contributed by atoms with Gasteiger partial charge in [-0.05, 0) is 32.8 Å². The zero-order valence-electron chi connectivity index (χ0n) is 14.4. The Labute approximate surface area is 142 Å². The average molecular weight is 328 g/mol. The number of amides is 2. The molecule has 5 heteroatoms. The predicted molar refractivity (Wildman–Crippen MR) is 90.7 cm³/mol. The van der Waals surface area contributed by atoms with Gasteiger partial charge in [0.1, 0.15) is 0 Å². The molecule has 3 rings (SSSR count). The summed E-state index contributed by atoms with van der Waals surface area (Å²) in [5.41, 5.74) is 1.90. The Kier molecular flexibility index (Phi) is 4.20. The maximum Gasteiger partial charge on any atom is 0.236 e. The van der Waals surface area contributed by atoms with Crippen molar-refractivity contribution in [1.82, 2.24) is 9.47 Å². The largest absolute Gasteiger partial charge is 0.345 e. The summed E-state index contributed by atoms with van der Waals surface area (Å²) in [4.78, 5) is 38.9. The van der Waals surface area contributed by atoms with Crippen LogP contribution in [-0.4, -0.2) is 33.6 Å². The van der Waals surface area contributed by atoms with Crippen molar-refractivity contribution < 1.29 is 14.4 Å². The van der Waals surface area contributed by atoms with Crippen molar-refractivity contribution in [2.45, 2.75) is 52.5 Å². The second-order valence-corrected chi connectivity index (χ2v) is 7.06. The zero-order chi connectivity index (χ0) is 17.5. The summed E-state index contributed by atoms with van der Waals surface area (Å²) >= 11 is 0. The van der Waals surface area contributed by atoms with Crippen molar-refractivity contribution >= 4 is 17.6 Å². The number of rotatable bonds is 5. The first-order valence-corrected chi connectivity index (χ1v) is 8.55. The van der Waals surface area contributed by atoms with Crippen molar-refractivity contribution in [2.24, 2.45) is 5.41 Å². The molecule has 0 bridgehead atoms. The molecule has 1 aliphatic carbocycles. The van der Waals surface area contributed by atoms with E-state index in [0.717, 1.165) is 37.1 Å². The number of Topliss-reactive ketones (excluding diaryl/α,β-unsaturated/α-hetero) is 1. The molecule has 0 radical (unpaired) electrons. The molecule has 1 saturated heterocycles. The van der Waals surface area contributed by atoms with Crippen LogP contribution in [0.25, 0.3) is 0 Å². The van der Waals surface area contributed by atoms with Crippen LogP contribution in [0.1, 0.15) is 53.8 Å². The molecule has 1 aromatic rings. The Hall–Kier alpha value is -2.17. The molecule has 0 aromatic carbocycles. The van der Waals surface area contributed by atoms with Gasteiger partial charge < -0.3 is 4.57 Å². The third-order valence-electron chi connectivity index (χ3n) is 5.54. The number of aryl methyl sites for hydroxylation is 1. The highest BCUT2D eigenvalue weighted by molar-refractivity contribution is 6.10. The van der Waals surface area contributed by atoms with E-state index >= 15 is 0 Å². The number of carbonyl (C=O) groups is 3. The number of imide groups is 1. The molecule has 1 spiro atoms. The number of hydrogen-bond acceptors (Lipinski definition) is 3. The predicted octanol–water partition coefficient (Wildman–Crippen LogP) is 2.79. The van der Waals surface area contributed by atoms with Gasteiger partial charge >= 0.3 is 0 Å². The van der Waals surface area contributed by atoms with Gasteiger partial charge in [0.25, 0.3) is 0 Å². The number of carbonyl (C=O) groups excluding carboxylic acids is 3. The highest BCUT2D eigenvalue weighted by Gasteiger charge is 2.52. The van der Waals surface area contributed by atoms with Crippen LogP contribution in [0, 0.1) is 19.3 Å². The molecular formula is C19H24N2O3. The summed E-state index contributed by atoms with van der Waals surface area (Å²) in [6.07, 6.45) is 5.58. The van der Waals surface area contributed by atoms with Crippen LogP contribution >= 0.6 is 0 Å². The number of likely N-dealkylation sites (tertiary alicyclic amines) is 1. The molecule has 0 N–H and O–H groups in total. The maximum absolute atomic E-state index is 12.7. The lowest BCUT2D eigenvalue weighted by Crippen LogP contribution is -2.38. The molecule has 1 aliphatic heterocycles. The van der Waals surface area contributed by atoms with Crippen molar-refractivity contribution in [3.05, 3.63) is 35.7 Å². The molecule has 24 heavy (non-hydrogen) atoms. The molecule has 5 nitrogen and oxygen atoms in total. The molecule has 128 valence electrons. The van der Waals surface area contributed by atoms with Gasteiger partial charge in [-0.3, -0.25) is 19.3 Å². The summed E-state index contributed by atoms with van der Waals surface area (Å²) < 4.78 is 2.01. The topological polar surface area (TPSA) is 59.4 Å². The molecule has 0 atom stereocenters. The summed E-state index contributed by atoms with van der Waals surface area (Å²) in [6.45, 7) is 8.05. The Bertz CT molecular complexity index is 723. The van der Waals surface area contributed by atoms with Gasteiger partial charge in [-0.2, -0.15) is 0 Å². The fourth-order valence-corrected chi connectivity index (χ4v) is 4.18. The van der Waals surface area contributed by atoms with Gasteiger partial charge in [0.05, 0.1) is 12.0 Å². The quantitative estimate of drug-likeness (QED) is 0.474. The van der Waals surface area contributed by atoms with Crippen molar-refractivity contribution in [1.29, 1.82) is 0 Å². The van der Waals surface area contributed by atoms with Crippen molar-refractivity contribution in [2.75, 3.05) is 6.54 Å². The summed E-state index contributed by atoms with van der Waals surface area (Å²) in [6, 6.07) is 1.83. The van der Waals surface area contributed by atoms with E-state index in [1.165, 1.54) is 4.90 Å². The molecule has 1 aromatic heterocycles. The second-order valence-electron chi connectivity index (χ2n) is 7.06. The van der Waals surface area contributed by atoms with Crippen LogP contribution in [0.4, 0.5) is 0 Å².